The maximum Gasteiger partial charge on any atom is 0.00860 e. The molecule has 0 aliphatic heterocycles. The summed E-state index contributed by atoms with van der Waals surface area (Å²) in [6.07, 6.45) is 40.8. The van der Waals surface area contributed by atoms with Crippen LogP contribution in [0.5, 0.6) is 0 Å². The molecule has 178 valence electrons. The molecule has 0 aromatic carbocycles. The van der Waals surface area contributed by atoms with E-state index >= 15 is 0 Å². The minimum absolute atomic E-state index is 0.959. The first-order chi connectivity index (χ1) is 14.8. The van der Waals surface area contributed by atoms with Crippen LogP contribution < -0.4 is 0 Å². The molecule has 1 atom stereocenters. The van der Waals surface area contributed by atoms with Gasteiger partial charge >= 0.3 is 0 Å². The molecular weight excluding hydrogens is 360 g/mol. The van der Waals surface area contributed by atoms with Gasteiger partial charge in [-0.15, -0.1) is 12.3 Å². The van der Waals surface area contributed by atoms with Gasteiger partial charge in [0.2, 0.25) is 0 Å². The van der Waals surface area contributed by atoms with Gasteiger partial charge in [-0.25, -0.2) is 0 Å². The van der Waals surface area contributed by atoms with Gasteiger partial charge in [-0.05, 0) is 12.3 Å². The molecule has 0 N–H and O–H groups in total. The molecule has 0 heteroatoms. The first kappa shape index (κ1) is 29.6. The molecule has 0 saturated heterocycles. The minimum Gasteiger partial charge on any atom is -0.120 e. The Morgan fingerprint density at radius 1 is 0.467 bits per heavy atom. The third-order valence-electron chi connectivity index (χ3n) is 6.82. The van der Waals surface area contributed by atoms with Crippen LogP contribution in [0.1, 0.15) is 174 Å². The van der Waals surface area contributed by atoms with E-state index in [-0.39, 0.29) is 0 Å². The van der Waals surface area contributed by atoms with E-state index < -0.39 is 0 Å². The van der Waals surface area contributed by atoms with E-state index in [1.165, 1.54) is 154 Å². The van der Waals surface area contributed by atoms with E-state index in [1.54, 1.807) is 0 Å². The normalized spacial score (nSPS) is 12.2. The fourth-order valence-electron chi connectivity index (χ4n) is 4.61. The molecule has 0 bridgehead atoms. The lowest BCUT2D eigenvalue weighted by molar-refractivity contribution is 0.430. The van der Waals surface area contributed by atoms with Crippen LogP contribution in [-0.4, -0.2) is 0 Å². The van der Waals surface area contributed by atoms with Crippen molar-refractivity contribution in [2.24, 2.45) is 5.92 Å². The van der Waals surface area contributed by atoms with E-state index in [0.717, 1.165) is 12.3 Å². The minimum atomic E-state index is 0.959. The van der Waals surface area contributed by atoms with Gasteiger partial charge in [0.05, 0.1) is 0 Å². The third kappa shape index (κ3) is 25.6. The highest BCUT2D eigenvalue weighted by Gasteiger charge is 2.02. The second-order valence-electron chi connectivity index (χ2n) is 10.1. The Kier molecular flexibility index (Phi) is 26.2. The molecule has 0 radical (unpaired) electrons. The summed E-state index contributed by atoms with van der Waals surface area (Å²) in [5.74, 6) is 3.70. The van der Waals surface area contributed by atoms with Gasteiger partial charge in [0.25, 0.3) is 0 Å². The van der Waals surface area contributed by atoms with Crippen molar-refractivity contribution in [1.29, 1.82) is 0 Å². The highest BCUT2D eigenvalue weighted by molar-refractivity contribution is 4.82. The van der Waals surface area contributed by atoms with Crippen LogP contribution >= 0.6 is 0 Å². The summed E-state index contributed by atoms with van der Waals surface area (Å²) in [5, 5.41) is 0. The molecule has 1 unspecified atom stereocenters. The van der Waals surface area contributed by atoms with Crippen LogP contribution in [0.3, 0.4) is 0 Å². The zero-order valence-corrected chi connectivity index (χ0v) is 21.3. The molecule has 0 aliphatic rings. The summed E-state index contributed by atoms with van der Waals surface area (Å²) in [5.41, 5.74) is 0. The molecule has 0 heterocycles. The molecule has 0 aromatic heterocycles. The fourth-order valence-corrected chi connectivity index (χ4v) is 4.61. The lowest BCUT2D eigenvalue weighted by Crippen LogP contribution is -1.95. The molecular formula is C30H58. The van der Waals surface area contributed by atoms with Crippen LogP contribution in [-0.2, 0) is 0 Å². The van der Waals surface area contributed by atoms with Crippen LogP contribution in [0.25, 0.3) is 0 Å². The first-order valence-electron chi connectivity index (χ1n) is 14.2. The van der Waals surface area contributed by atoms with E-state index in [0.29, 0.717) is 0 Å². The average Bonchev–Trinajstić information content (AvgIpc) is 2.75. The van der Waals surface area contributed by atoms with E-state index in [1.807, 2.05) is 0 Å². The predicted octanol–water partition coefficient (Wildman–Crippen LogP) is 11.0. The average molecular weight is 419 g/mol. The zero-order chi connectivity index (χ0) is 22.0. The largest absolute Gasteiger partial charge is 0.120 e. The number of rotatable bonds is 25. The second-order valence-corrected chi connectivity index (χ2v) is 10.1. The SMILES string of the molecule is C#CCCCCCCCCCCCCCCCC(C)CCCCCCCCCCC. The van der Waals surface area contributed by atoms with Crippen LogP contribution in [0.15, 0.2) is 0 Å². The van der Waals surface area contributed by atoms with Gasteiger partial charge in [-0.1, -0.05) is 162 Å². The molecule has 0 saturated carbocycles. The Hall–Kier alpha value is -0.440. The molecule has 0 aliphatic carbocycles. The summed E-state index contributed by atoms with van der Waals surface area (Å²) in [7, 11) is 0. The second kappa shape index (κ2) is 26.6. The van der Waals surface area contributed by atoms with Crippen molar-refractivity contribution in [3.8, 4) is 12.3 Å². The summed E-state index contributed by atoms with van der Waals surface area (Å²) >= 11 is 0. The molecule has 0 nitrogen and oxygen atoms in total. The fraction of sp³-hybridized carbons (Fsp3) is 0.933. The maximum absolute atomic E-state index is 5.28. The van der Waals surface area contributed by atoms with Crippen molar-refractivity contribution in [3.63, 3.8) is 0 Å². The van der Waals surface area contributed by atoms with E-state index in [4.69, 9.17) is 6.42 Å². The number of unbranched alkanes of at least 4 members (excludes halogenated alkanes) is 21. The van der Waals surface area contributed by atoms with Gasteiger partial charge in [0.15, 0.2) is 0 Å². The van der Waals surface area contributed by atoms with E-state index in [9.17, 15) is 0 Å². The third-order valence-corrected chi connectivity index (χ3v) is 6.82. The Morgan fingerprint density at radius 3 is 1.10 bits per heavy atom. The summed E-state index contributed by atoms with van der Waals surface area (Å²) in [4.78, 5) is 0. The van der Waals surface area contributed by atoms with Crippen molar-refractivity contribution >= 4 is 0 Å². The lowest BCUT2D eigenvalue weighted by Gasteiger charge is -2.11. The van der Waals surface area contributed by atoms with Crippen LogP contribution in [0.2, 0.25) is 0 Å². The molecule has 0 spiro atoms. The first-order valence-corrected chi connectivity index (χ1v) is 14.2. The Morgan fingerprint density at radius 2 is 0.767 bits per heavy atom. The summed E-state index contributed by atoms with van der Waals surface area (Å²) in [6.45, 7) is 4.79. The lowest BCUT2D eigenvalue weighted by atomic mass is 9.95. The Balaban J connectivity index is 3.12. The smallest absolute Gasteiger partial charge is 0.00860 e. The Labute approximate surface area is 192 Å². The molecule has 0 fully saturated rings. The topological polar surface area (TPSA) is 0 Å². The van der Waals surface area contributed by atoms with Gasteiger partial charge in [0.1, 0.15) is 0 Å². The number of hydrogen-bond donors (Lipinski definition) is 0. The molecule has 30 heavy (non-hydrogen) atoms. The van der Waals surface area contributed by atoms with Gasteiger partial charge in [-0.2, -0.15) is 0 Å². The Bertz CT molecular complexity index is 336. The van der Waals surface area contributed by atoms with Gasteiger partial charge < -0.3 is 0 Å². The molecule has 0 aromatic rings. The van der Waals surface area contributed by atoms with Gasteiger partial charge in [-0.3, -0.25) is 0 Å². The number of hydrogen-bond acceptors (Lipinski definition) is 0. The standard InChI is InChI=1S/C30H58/c1-4-6-8-10-12-14-15-16-17-18-19-21-23-25-27-29-30(3)28-26-24-22-20-13-11-9-7-5-2/h1,30H,5-29H2,2-3H3. The van der Waals surface area contributed by atoms with E-state index in [2.05, 4.69) is 19.8 Å². The van der Waals surface area contributed by atoms with Crippen molar-refractivity contribution < 1.29 is 0 Å². The monoisotopic (exact) mass is 418 g/mol. The molecule has 0 rings (SSSR count). The van der Waals surface area contributed by atoms with Crippen LogP contribution in [0, 0.1) is 18.3 Å². The highest BCUT2D eigenvalue weighted by Crippen LogP contribution is 2.19. The molecule has 0 amide bonds. The summed E-state index contributed by atoms with van der Waals surface area (Å²) in [6, 6.07) is 0. The highest BCUT2D eigenvalue weighted by atomic mass is 14.1. The number of terminal acetylenes is 1. The van der Waals surface area contributed by atoms with Crippen molar-refractivity contribution in [3.05, 3.63) is 0 Å². The van der Waals surface area contributed by atoms with Crippen molar-refractivity contribution in [1.82, 2.24) is 0 Å². The van der Waals surface area contributed by atoms with Crippen LogP contribution in [0.4, 0.5) is 0 Å². The summed E-state index contributed by atoms with van der Waals surface area (Å²) < 4.78 is 0. The van der Waals surface area contributed by atoms with Crippen molar-refractivity contribution in [2.75, 3.05) is 0 Å². The maximum atomic E-state index is 5.28. The van der Waals surface area contributed by atoms with Crippen molar-refractivity contribution in [2.45, 2.75) is 174 Å². The zero-order valence-electron chi connectivity index (χ0n) is 21.3. The quantitative estimate of drug-likeness (QED) is 0.102. The predicted molar refractivity (Wildman–Crippen MR) is 139 cm³/mol. The van der Waals surface area contributed by atoms with Gasteiger partial charge in [0, 0.05) is 6.42 Å².